The average Bonchev–Trinajstić information content (AvgIpc) is 2.91. The number of halogens is 1. The molecule has 3 aliphatic rings. The number of aromatic nitrogens is 1. The Labute approximate surface area is 133 Å². The van der Waals surface area contributed by atoms with Crippen molar-refractivity contribution in [1.82, 2.24) is 10.1 Å². The van der Waals surface area contributed by atoms with Gasteiger partial charge >= 0.3 is 0 Å². The molecule has 1 atom stereocenters. The van der Waals surface area contributed by atoms with Gasteiger partial charge in [-0.2, -0.15) is 0 Å². The van der Waals surface area contributed by atoms with E-state index in [1.54, 1.807) is 0 Å². The van der Waals surface area contributed by atoms with Crippen molar-refractivity contribution in [3.05, 3.63) is 17.9 Å². The number of rotatable bonds is 3. The summed E-state index contributed by atoms with van der Waals surface area (Å²) in [5.41, 5.74) is 0.147. The average molecular weight is 339 g/mol. The first-order valence-corrected chi connectivity index (χ1v) is 9.59. The molecule has 124 valence electrons. The van der Waals surface area contributed by atoms with E-state index in [1.165, 1.54) is 6.07 Å². The molecule has 2 bridgehead atoms. The molecule has 1 N–H and O–H groups in total. The zero-order valence-electron chi connectivity index (χ0n) is 12.8. The highest BCUT2D eigenvalue weighted by Crippen LogP contribution is 2.33. The summed E-state index contributed by atoms with van der Waals surface area (Å²) in [6, 6.07) is 2.57. The molecule has 23 heavy (non-hydrogen) atoms. The van der Waals surface area contributed by atoms with Gasteiger partial charge in [0.1, 0.15) is 11.2 Å². The standard InChI is InChI=1S/C15H18FN3O3S/c1-23(20,21)10-6-11(16)14-13(7-10)22-18-15(14)17-12-8-19-4-2-9(12)3-5-19/h6-7,9,12H,2-5,8H2,1H3,(H,17,18)/t12-/m0/s1. The van der Waals surface area contributed by atoms with Crippen LogP contribution in [0.25, 0.3) is 11.0 Å². The van der Waals surface area contributed by atoms with E-state index in [-0.39, 0.29) is 21.9 Å². The molecular formula is C15H18FN3O3S. The van der Waals surface area contributed by atoms with Crippen LogP contribution in [0.15, 0.2) is 21.6 Å². The Morgan fingerprint density at radius 2 is 2.09 bits per heavy atom. The lowest BCUT2D eigenvalue weighted by molar-refractivity contribution is 0.0973. The third-order valence-corrected chi connectivity index (χ3v) is 6.00. The lowest BCUT2D eigenvalue weighted by Gasteiger charge is -2.44. The predicted molar refractivity (Wildman–Crippen MR) is 83.7 cm³/mol. The van der Waals surface area contributed by atoms with Crippen LogP contribution < -0.4 is 5.32 Å². The largest absolute Gasteiger partial charge is 0.362 e. The van der Waals surface area contributed by atoms with Crippen LogP contribution >= 0.6 is 0 Å². The van der Waals surface area contributed by atoms with Crippen LogP contribution in [0, 0.1) is 11.7 Å². The minimum absolute atomic E-state index is 0.104. The highest BCUT2D eigenvalue weighted by atomic mass is 32.2. The van der Waals surface area contributed by atoms with Gasteiger partial charge in [-0.25, -0.2) is 12.8 Å². The smallest absolute Gasteiger partial charge is 0.180 e. The first kappa shape index (κ1) is 14.9. The summed E-state index contributed by atoms with van der Waals surface area (Å²) in [5.74, 6) is 0.286. The normalized spacial score (nSPS) is 27.5. The fraction of sp³-hybridized carbons (Fsp3) is 0.533. The molecule has 0 saturated carbocycles. The number of benzene rings is 1. The van der Waals surface area contributed by atoms with E-state index < -0.39 is 15.7 Å². The molecule has 1 aromatic heterocycles. The summed E-state index contributed by atoms with van der Waals surface area (Å²) in [6.45, 7) is 3.16. The van der Waals surface area contributed by atoms with Crippen molar-refractivity contribution < 1.29 is 17.3 Å². The van der Waals surface area contributed by atoms with E-state index >= 15 is 0 Å². The minimum atomic E-state index is -3.50. The van der Waals surface area contributed by atoms with E-state index in [4.69, 9.17) is 4.52 Å². The van der Waals surface area contributed by atoms with E-state index in [1.807, 2.05) is 0 Å². The van der Waals surface area contributed by atoms with E-state index in [9.17, 15) is 12.8 Å². The predicted octanol–water partition coefficient (Wildman–Crippen LogP) is 1.88. The Morgan fingerprint density at radius 1 is 1.35 bits per heavy atom. The number of nitrogens with one attached hydrogen (secondary N) is 1. The molecule has 8 heteroatoms. The van der Waals surface area contributed by atoms with Crippen LogP contribution in [0.3, 0.4) is 0 Å². The van der Waals surface area contributed by atoms with Gasteiger partial charge in [-0.1, -0.05) is 5.16 Å². The maximum atomic E-state index is 14.4. The third-order valence-electron chi connectivity index (χ3n) is 4.91. The van der Waals surface area contributed by atoms with Gasteiger partial charge in [0.15, 0.2) is 21.2 Å². The summed E-state index contributed by atoms with van der Waals surface area (Å²) in [7, 11) is -3.50. The SMILES string of the molecule is CS(=O)(=O)c1cc(F)c2c(N[C@H]3CN4CCC3CC4)noc2c1. The first-order chi connectivity index (χ1) is 10.9. The number of nitrogens with zero attached hydrogens (tertiary/aromatic N) is 2. The lowest BCUT2D eigenvalue weighted by atomic mass is 9.84. The topological polar surface area (TPSA) is 75.4 Å². The van der Waals surface area contributed by atoms with Crippen LogP contribution in [-0.4, -0.2) is 50.4 Å². The molecule has 0 amide bonds. The summed E-state index contributed by atoms with van der Waals surface area (Å²) in [4.78, 5) is 2.28. The highest BCUT2D eigenvalue weighted by Gasteiger charge is 2.35. The van der Waals surface area contributed by atoms with E-state index in [2.05, 4.69) is 15.4 Å². The van der Waals surface area contributed by atoms with Gasteiger partial charge in [0.2, 0.25) is 0 Å². The van der Waals surface area contributed by atoms with Crippen molar-refractivity contribution in [2.45, 2.75) is 23.8 Å². The van der Waals surface area contributed by atoms with Crippen molar-refractivity contribution in [2.75, 3.05) is 31.2 Å². The Bertz CT molecular complexity index is 856. The van der Waals surface area contributed by atoms with Gasteiger partial charge in [-0.05, 0) is 37.9 Å². The molecule has 0 unspecified atom stereocenters. The summed E-state index contributed by atoms with van der Waals surface area (Å²) < 4.78 is 42.7. The molecule has 0 spiro atoms. The second-order valence-electron chi connectivity index (χ2n) is 6.47. The van der Waals surface area contributed by atoms with Crippen LogP contribution in [0.1, 0.15) is 12.8 Å². The molecular weight excluding hydrogens is 321 g/mol. The van der Waals surface area contributed by atoms with E-state index in [0.29, 0.717) is 11.7 Å². The van der Waals surface area contributed by atoms with Crippen molar-refractivity contribution in [3.63, 3.8) is 0 Å². The second kappa shape index (κ2) is 5.17. The fourth-order valence-electron chi connectivity index (χ4n) is 3.62. The molecule has 4 heterocycles. The molecule has 5 rings (SSSR count). The second-order valence-corrected chi connectivity index (χ2v) is 8.49. The molecule has 0 radical (unpaired) electrons. The van der Waals surface area contributed by atoms with Crippen LogP contribution in [0.2, 0.25) is 0 Å². The Hall–Kier alpha value is -1.67. The Morgan fingerprint density at radius 3 is 2.70 bits per heavy atom. The monoisotopic (exact) mass is 339 g/mol. The molecule has 6 nitrogen and oxygen atoms in total. The molecule has 3 saturated heterocycles. The van der Waals surface area contributed by atoms with Crippen molar-refractivity contribution in [1.29, 1.82) is 0 Å². The summed E-state index contributed by atoms with van der Waals surface area (Å²) in [5, 5.41) is 7.43. The zero-order valence-corrected chi connectivity index (χ0v) is 13.6. The molecule has 3 aliphatic heterocycles. The van der Waals surface area contributed by atoms with Crippen molar-refractivity contribution in [2.24, 2.45) is 5.92 Å². The summed E-state index contributed by atoms with van der Waals surface area (Å²) in [6.07, 6.45) is 3.30. The molecule has 0 aliphatic carbocycles. The maximum Gasteiger partial charge on any atom is 0.180 e. The van der Waals surface area contributed by atoms with E-state index in [0.717, 1.165) is 44.8 Å². The lowest BCUT2D eigenvalue weighted by Crippen LogP contribution is -2.53. The summed E-state index contributed by atoms with van der Waals surface area (Å²) >= 11 is 0. The molecule has 2 aromatic rings. The Balaban J connectivity index is 1.69. The number of hydrogen-bond donors (Lipinski definition) is 1. The number of sulfone groups is 1. The van der Waals surface area contributed by atoms with Gasteiger partial charge in [0.05, 0.1) is 4.90 Å². The first-order valence-electron chi connectivity index (χ1n) is 7.70. The maximum absolute atomic E-state index is 14.4. The van der Waals surface area contributed by atoms with Crippen LogP contribution in [-0.2, 0) is 9.84 Å². The number of piperidine rings is 3. The van der Waals surface area contributed by atoms with Crippen LogP contribution in [0.5, 0.6) is 0 Å². The number of fused-ring (bicyclic) bond motifs is 4. The van der Waals surface area contributed by atoms with Crippen molar-refractivity contribution in [3.8, 4) is 0 Å². The molecule has 3 fully saturated rings. The zero-order chi connectivity index (χ0) is 16.2. The van der Waals surface area contributed by atoms with Gasteiger partial charge < -0.3 is 14.7 Å². The molecule has 1 aromatic carbocycles. The number of anilines is 1. The highest BCUT2D eigenvalue weighted by molar-refractivity contribution is 7.90. The van der Waals surface area contributed by atoms with Gasteiger partial charge in [-0.3, -0.25) is 0 Å². The van der Waals surface area contributed by atoms with Gasteiger partial charge in [0.25, 0.3) is 0 Å². The third kappa shape index (κ3) is 2.59. The van der Waals surface area contributed by atoms with Gasteiger partial charge in [-0.15, -0.1) is 0 Å². The number of hydrogen-bond acceptors (Lipinski definition) is 6. The van der Waals surface area contributed by atoms with Crippen molar-refractivity contribution >= 4 is 26.6 Å². The minimum Gasteiger partial charge on any atom is -0.362 e. The van der Waals surface area contributed by atoms with Gasteiger partial charge in [0, 0.05) is 24.9 Å². The fourth-order valence-corrected chi connectivity index (χ4v) is 4.26. The van der Waals surface area contributed by atoms with Crippen LogP contribution in [0.4, 0.5) is 10.2 Å². The Kier molecular flexibility index (Phi) is 3.35. The quantitative estimate of drug-likeness (QED) is 0.920.